The van der Waals surface area contributed by atoms with Gasteiger partial charge in [-0.25, -0.2) is 0 Å². The molecule has 28 heavy (non-hydrogen) atoms. The first-order valence-corrected chi connectivity index (χ1v) is 19.3. The number of alkyl halides is 2. The van der Waals surface area contributed by atoms with Crippen molar-refractivity contribution in [3.63, 3.8) is 0 Å². The van der Waals surface area contributed by atoms with Crippen LogP contribution < -0.4 is 0 Å². The van der Waals surface area contributed by atoms with E-state index in [0.29, 0.717) is 0 Å². The van der Waals surface area contributed by atoms with E-state index in [1.807, 2.05) is 0 Å². The molecule has 0 aliphatic carbocycles. The van der Waals surface area contributed by atoms with Crippen LogP contribution in [0, 0.1) is 0 Å². The number of ether oxygens (including phenoxy) is 3. The Balaban J connectivity index is 1.89. The number of rotatable bonds is 10. The SMILES string of the molecule is CCC[CH2][Sn]([CH2]CCC)([CH2]CCC)[C@@H]1C[C@@H]2O[C@H]1C(F)(F)[C@]21COC(C)(C)O1. The summed E-state index contributed by atoms with van der Waals surface area (Å²) in [5.74, 6) is -3.92. The Labute approximate surface area is 174 Å². The van der Waals surface area contributed by atoms with Crippen molar-refractivity contribution < 1.29 is 23.0 Å². The summed E-state index contributed by atoms with van der Waals surface area (Å²) in [7, 11) is 0. The fourth-order valence-electron chi connectivity index (χ4n) is 5.97. The first kappa shape index (κ1) is 23.2. The molecule has 0 amide bonds. The standard InChI is InChI=1S/C10H13F2O3.3C4H9.Sn/c1-8(2)13-5-9(15-8)6-3-4-7(14-6)10(9,11)12;3*1-3-4-2;/h4,6-7H,3,5H2,1-2H3;3*1,3-4H2,2H3;/t6-,7+,9-;;;;/m0..../s1. The van der Waals surface area contributed by atoms with E-state index in [0.717, 1.165) is 25.7 Å². The number of fused-ring (bicyclic) bond motifs is 3. The Bertz CT molecular complexity index is 520. The molecule has 2 bridgehead atoms. The van der Waals surface area contributed by atoms with Gasteiger partial charge in [0.05, 0.1) is 0 Å². The predicted molar refractivity (Wildman–Crippen MR) is 111 cm³/mol. The number of unbranched alkanes of at least 4 members (excludes halogenated alkanes) is 3. The summed E-state index contributed by atoms with van der Waals surface area (Å²) < 4.78 is 53.0. The van der Waals surface area contributed by atoms with Crippen molar-refractivity contribution in [2.45, 2.75) is 126 Å². The summed E-state index contributed by atoms with van der Waals surface area (Å²) in [6.07, 6.45) is 6.37. The molecule has 0 saturated carbocycles. The van der Waals surface area contributed by atoms with Gasteiger partial charge in [-0.3, -0.25) is 0 Å². The topological polar surface area (TPSA) is 27.7 Å². The van der Waals surface area contributed by atoms with Gasteiger partial charge in [0.2, 0.25) is 0 Å². The summed E-state index contributed by atoms with van der Waals surface area (Å²) in [6, 6.07) is 0. The molecule has 6 heteroatoms. The maximum atomic E-state index is 15.8. The summed E-state index contributed by atoms with van der Waals surface area (Å²) in [5, 5.41) is 0. The molecule has 0 unspecified atom stereocenters. The average molecular weight is 509 g/mol. The first-order valence-electron chi connectivity index (χ1n) is 11.6. The molecule has 0 N–H and O–H groups in total. The molecule has 0 aromatic rings. The molecular formula is C22H40F2O3Sn. The van der Waals surface area contributed by atoms with Gasteiger partial charge < -0.3 is 0 Å². The zero-order chi connectivity index (χ0) is 20.6. The minimum absolute atomic E-state index is 0.0533. The second kappa shape index (κ2) is 8.58. The molecule has 3 aliphatic rings. The predicted octanol–water partition coefficient (Wildman–Crippen LogP) is 6.53. The Hall–Kier alpha value is 0.539. The molecule has 3 heterocycles. The van der Waals surface area contributed by atoms with Crippen molar-refractivity contribution >= 4 is 18.4 Å². The Morgan fingerprint density at radius 3 is 1.86 bits per heavy atom. The number of hydrogen-bond donors (Lipinski definition) is 0. The molecule has 0 aromatic heterocycles. The first-order chi connectivity index (χ1) is 13.2. The zero-order valence-corrected chi connectivity index (χ0v) is 21.3. The van der Waals surface area contributed by atoms with Crippen LogP contribution in [0.2, 0.25) is 17.2 Å². The number of hydrogen-bond acceptors (Lipinski definition) is 3. The summed E-state index contributed by atoms with van der Waals surface area (Å²) in [4.78, 5) is 0. The van der Waals surface area contributed by atoms with Gasteiger partial charge >= 0.3 is 174 Å². The molecule has 164 valence electrons. The average Bonchev–Trinajstić information content (AvgIpc) is 3.29. The molecule has 3 aliphatic heterocycles. The van der Waals surface area contributed by atoms with E-state index in [1.165, 1.54) is 32.6 Å². The minimum atomic E-state index is -2.96. The van der Waals surface area contributed by atoms with Gasteiger partial charge in [-0.05, 0) is 0 Å². The molecular weight excluding hydrogens is 469 g/mol. The normalized spacial score (nSPS) is 35.9. The second-order valence-electron chi connectivity index (χ2n) is 9.86. The Kier molecular flexibility index (Phi) is 7.11. The second-order valence-corrected chi connectivity index (χ2v) is 24.0. The van der Waals surface area contributed by atoms with Crippen molar-refractivity contribution in [1.29, 1.82) is 0 Å². The molecule has 3 nitrogen and oxygen atoms in total. The van der Waals surface area contributed by atoms with Crippen LogP contribution in [0.1, 0.15) is 79.6 Å². The molecule has 0 radical (unpaired) electrons. The van der Waals surface area contributed by atoms with E-state index in [-0.39, 0.29) is 10.5 Å². The van der Waals surface area contributed by atoms with Crippen LogP contribution >= 0.6 is 0 Å². The van der Waals surface area contributed by atoms with E-state index in [9.17, 15) is 0 Å². The van der Waals surface area contributed by atoms with Crippen molar-refractivity contribution in [2.24, 2.45) is 0 Å². The van der Waals surface area contributed by atoms with Crippen LogP contribution in [-0.2, 0) is 14.2 Å². The Morgan fingerprint density at radius 2 is 1.46 bits per heavy atom. The van der Waals surface area contributed by atoms with E-state index in [1.54, 1.807) is 13.8 Å². The van der Waals surface area contributed by atoms with Crippen molar-refractivity contribution in [1.82, 2.24) is 0 Å². The molecule has 3 fully saturated rings. The van der Waals surface area contributed by atoms with Gasteiger partial charge in [-0.2, -0.15) is 0 Å². The molecule has 1 spiro atoms. The van der Waals surface area contributed by atoms with Gasteiger partial charge in [-0.15, -0.1) is 0 Å². The van der Waals surface area contributed by atoms with Crippen LogP contribution in [0.15, 0.2) is 0 Å². The molecule has 3 saturated heterocycles. The van der Waals surface area contributed by atoms with Gasteiger partial charge in [0.1, 0.15) is 0 Å². The fraction of sp³-hybridized carbons (Fsp3) is 1.00. The van der Waals surface area contributed by atoms with Gasteiger partial charge in [-0.1, -0.05) is 0 Å². The van der Waals surface area contributed by atoms with Crippen molar-refractivity contribution in [2.75, 3.05) is 6.61 Å². The van der Waals surface area contributed by atoms with E-state index in [2.05, 4.69) is 20.8 Å². The monoisotopic (exact) mass is 510 g/mol. The van der Waals surface area contributed by atoms with Crippen LogP contribution in [-0.4, -0.2) is 54.5 Å². The zero-order valence-electron chi connectivity index (χ0n) is 18.5. The van der Waals surface area contributed by atoms with Crippen LogP contribution in [0.3, 0.4) is 0 Å². The summed E-state index contributed by atoms with van der Waals surface area (Å²) in [5.41, 5.74) is -1.57. The number of halogens is 2. The fourth-order valence-corrected chi connectivity index (χ4v) is 25.0. The third kappa shape index (κ3) is 3.79. The van der Waals surface area contributed by atoms with Crippen molar-refractivity contribution in [3.8, 4) is 0 Å². The van der Waals surface area contributed by atoms with E-state index >= 15 is 8.78 Å². The van der Waals surface area contributed by atoms with Crippen LogP contribution in [0.5, 0.6) is 0 Å². The van der Waals surface area contributed by atoms with Crippen LogP contribution in [0.4, 0.5) is 8.78 Å². The third-order valence-electron chi connectivity index (χ3n) is 7.52. The summed E-state index contributed by atoms with van der Waals surface area (Å²) in [6.45, 7) is 10.1. The van der Waals surface area contributed by atoms with Crippen molar-refractivity contribution in [3.05, 3.63) is 0 Å². The molecule has 4 atom stereocenters. The maximum absolute atomic E-state index is 15.8. The summed E-state index contributed by atoms with van der Waals surface area (Å²) >= 11 is -2.81. The third-order valence-corrected chi connectivity index (χ3v) is 25.1. The quantitative estimate of drug-likeness (QED) is 0.314. The van der Waals surface area contributed by atoms with Gasteiger partial charge in [0.15, 0.2) is 0 Å². The van der Waals surface area contributed by atoms with E-state index in [4.69, 9.17) is 14.2 Å². The Morgan fingerprint density at radius 1 is 0.929 bits per heavy atom. The van der Waals surface area contributed by atoms with Gasteiger partial charge in [0, 0.05) is 0 Å². The van der Waals surface area contributed by atoms with E-state index < -0.39 is 47.9 Å². The molecule has 3 rings (SSSR count). The van der Waals surface area contributed by atoms with Gasteiger partial charge in [0.25, 0.3) is 0 Å². The molecule has 0 aromatic carbocycles. The van der Waals surface area contributed by atoms with Crippen LogP contribution in [0.25, 0.3) is 0 Å².